The number of rotatable bonds is 5. The van der Waals surface area contributed by atoms with Crippen molar-refractivity contribution >= 4 is 11.6 Å². The van der Waals surface area contributed by atoms with Crippen LogP contribution in [0.4, 0.5) is 5.69 Å². The van der Waals surface area contributed by atoms with Crippen LogP contribution in [0.3, 0.4) is 0 Å². The molecular formula is C13H20N2O. The van der Waals surface area contributed by atoms with Crippen LogP contribution >= 0.6 is 0 Å². The Morgan fingerprint density at radius 1 is 1.31 bits per heavy atom. The van der Waals surface area contributed by atoms with Crippen LogP contribution < -0.4 is 10.2 Å². The van der Waals surface area contributed by atoms with Gasteiger partial charge in [0.2, 0.25) is 5.91 Å². The first-order valence-electron chi connectivity index (χ1n) is 5.77. The van der Waals surface area contributed by atoms with Gasteiger partial charge in [-0.05, 0) is 25.5 Å². The second-order valence-corrected chi connectivity index (χ2v) is 3.75. The minimum Gasteiger partial charge on any atom is -0.352 e. The lowest BCUT2D eigenvalue weighted by atomic mass is 10.2. The molecule has 16 heavy (non-hydrogen) atoms. The molecule has 0 saturated carbocycles. The van der Waals surface area contributed by atoms with E-state index in [0.717, 1.165) is 18.7 Å². The van der Waals surface area contributed by atoms with Gasteiger partial charge in [-0.25, -0.2) is 0 Å². The topological polar surface area (TPSA) is 32.3 Å². The summed E-state index contributed by atoms with van der Waals surface area (Å²) in [6, 6.07) is 10.1. The summed E-state index contributed by atoms with van der Waals surface area (Å²) >= 11 is 0. The Morgan fingerprint density at radius 3 is 2.38 bits per heavy atom. The van der Waals surface area contributed by atoms with Crippen LogP contribution in [0.2, 0.25) is 0 Å². The van der Waals surface area contributed by atoms with Crippen molar-refractivity contribution in [3.63, 3.8) is 0 Å². The molecule has 0 heterocycles. The maximum atomic E-state index is 11.1. The number of anilines is 1. The predicted octanol–water partition coefficient (Wildman–Crippen LogP) is 2.39. The molecule has 1 amide bonds. The number of benzene rings is 1. The molecule has 0 aliphatic heterocycles. The van der Waals surface area contributed by atoms with E-state index in [1.165, 1.54) is 0 Å². The van der Waals surface area contributed by atoms with E-state index in [4.69, 9.17) is 0 Å². The Kier molecular flexibility index (Phi) is 4.83. The minimum absolute atomic E-state index is 0.0150. The molecule has 0 saturated heterocycles. The third-order valence-corrected chi connectivity index (χ3v) is 2.56. The third-order valence-electron chi connectivity index (χ3n) is 2.56. The average Bonchev–Trinajstić information content (AvgIpc) is 2.29. The number of amides is 1. The quantitative estimate of drug-likeness (QED) is 0.773. The number of hydrogen-bond acceptors (Lipinski definition) is 2. The summed E-state index contributed by atoms with van der Waals surface area (Å²) in [4.78, 5) is 13.3. The molecule has 0 aliphatic carbocycles. The van der Waals surface area contributed by atoms with E-state index >= 15 is 0 Å². The van der Waals surface area contributed by atoms with Crippen molar-refractivity contribution in [2.24, 2.45) is 0 Å². The second kappa shape index (κ2) is 6.16. The first kappa shape index (κ1) is 12.6. The Morgan fingerprint density at radius 2 is 1.94 bits per heavy atom. The van der Waals surface area contributed by atoms with Gasteiger partial charge in [-0.3, -0.25) is 4.79 Å². The van der Waals surface area contributed by atoms with Crippen molar-refractivity contribution in [1.29, 1.82) is 0 Å². The molecule has 0 aliphatic rings. The zero-order chi connectivity index (χ0) is 12.0. The smallest absolute Gasteiger partial charge is 0.218 e. The van der Waals surface area contributed by atoms with Gasteiger partial charge in [-0.15, -0.1) is 0 Å². The molecular weight excluding hydrogens is 200 g/mol. The van der Waals surface area contributed by atoms with E-state index in [9.17, 15) is 4.79 Å². The van der Waals surface area contributed by atoms with E-state index in [1.54, 1.807) is 6.92 Å². The van der Waals surface area contributed by atoms with E-state index in [2.05, 4.69) is 36.2 Å². The van der Waals surface area contributed by atoms with E-state index < -0.39 is 0 Å². The summed E-state index contributed by atoms with van der Waals surface area (Å²) in [7, 11) is 0. The van der Waals surface area contributed by atoms with Crippen LogP contribution in [0.1, 0.15) is 27.2 Å². The molecule has 3 heteroatoms. The Labute approximate surface area is 97.5 Å². The van der Waals surface area contributed by atoms with Crippen molar-refractivity contribution in [3.05, 3.63) is 30.3 Å². The number of nitrogens with one attached hydrogen (secondary N) is 1. The van der Waals surface area contributed by atoms with Crippen molar-refractivity contribution in [2.45, 2.75) is 33.4 Å². The third kappa shape index (κ3) is 3.26. The predicted molar refractivity (Wildman–Crippen MR) is 67.4 cm³/mol. The van der Waals surface area contributed by atoms with Gasteiger partial charge in [-0.1, -0.05) is 25.1 Å². The van der Waals surface area contributed by atoms with Crippen molar-refractivity contribution in [3.8, 4) is 0 Å². The summed E-state index contributed by atoms with van der Waals surface area (Å²) in [6.07, 6.45) is 0.965. The Balaban J connectivity index is 2.83. The van der Waals surface area contributed by atoms with Crippen LogP contribution in [0, 0.1) is 0 Å². The van der Waals surface area contributed by atoms with Gasteiger partial charge in [0.05, 0.1) is 0 Å². The fraction of sp³-hybridized carbons (Fsp3) is 0.462. The zero-order valence-corrected chi connectivity index (χ0v) is 10.2. The van der Waals surface area contributed by atoms with Crippen LogP contribution in [-0.2, 0) is 4.79 Å². The number of nitrogens with zero attached hydrogens (tertiary/aromatic N) is 1. The largest absolute Gasteiger partial charge is 0.352 e. The standard InChI is InChI=1S/C13H20N2O/c1-4-13(14-11(3)16)15(5-2)12-9-7-6-8-10-12/h6-10,13H,4-5H2,1-3H3,(H,14,16). The first-order chi connectivity index (χ1) is 7.69. The van der Waals surface area contributed by atoms with Crippen molar-refractivity contribution in [1.82, 2.24) is 5.32 Å². The second-order valence-electron chi connectivity index (χ2n) is 3.75. The summed E-state index contributed by atoms with van der Waals surface area (Å²) in [5, 5.41) is 2.97. The highest BCUT2D eigenvalue weighted by Gasteiger charge is 2.15. The van der Waals surface area contributed by atoms with Crippen molar-refractivity contribution in [2.75, 3.05) is 11.4 Å². The Bertz CT molecular complexity index is 324. The number of carbonyl (C=O) groups is 1. The maximum Gasteiger partial charge on any atom is 0.218 e. The normalized spacial score (nSPS) is 11.9. The molecule has 3 nitrogen and oxygen atoms in total. The molecule has 1 unspecified atom stereocenters. The lowest BCUT2D eigenvalue weighted by Gasteiger charge is -2.32. The zero-order valence-electron chi connectivity index (χ0n) is 10.2. The highest BCUT2D eigenvalue weighted by molar-refractivity contribution is 5.73. The molecule has 1 atom stereocenters. The lowest BCUT2D eigenvalue weighted by Crippen LogP contribution is -2.47. The first-order valence-corrected chi connectivity index (χ1v) is 5.77. The summed E-state index contributed by atoms with van der Waals surface area (Å²) in [6.45, 7) is 6.61. The van der Waals surface area contributed by atoms with Gasteiger partial charge < -0.3 is 10.2 Å². The van der Waals surface area contributed by atoms with E-state index in [0.29, 0.717) is 0 Å². The van der Waals surface area contributed by atoms with Gasteiger partial charge in [0, 0.05) is 19.2 Å². The highest BCUT2D eigenvalue weighted by Crippen LogP contribution is 2.16. The average molecular weight is 220 g/mol. The summed E-state index contributed by atoms with van der Waals surface area (Å²) < 4.78 is 0. The molecule has 0 fully saturated rings. The number of hydrogen-bond donors (Lipinski definition) is 1. The highest BCUT2D eigenvalue weighted by atomic mass is 16.1. The van der Waals surface area contributed by atoms with Crippen LogP contribution in [0.15, 0.2) is 30.3 Å². The van der Waals surface area contributed by atoms with Crippen LogP contribution in [0.25, 0.3) is 0 Å². The van der Waals surface area contributed by atoms with E-state index in [-0.39, 0.29) is 12.1 Å². The van der Waals surface area contributed by atoms with Gasteiger partial charge in [0.1, 0.15) is 6.17 Å². The van der Waals surface area contributed by atoms with Gasteiger partial charge in [0.15, 0.2) is 0 Å². The van der Waals surface area contributed by atoms with Crippen molar-refractivity contribution < 1.29 is 4.79 Å². The Hall–Kier alpha value is -1.51. The number of para-hydroxylation sites is 1. The molecule has 88 valence electrons. The summed E-state index contributed by atoms with van der Waals surface area (Å²) in [5.41, 5.74) is 1.14. The summed E-state index contributed by atoms with van der Waals surface area (Å²) in [5.74, 6) is 0.0150. The minimum atomic E-state index is 0.0150. The maximum absolute atomic E-state index is 11.1. The number of carbonyl (C=O) groups excluding carboxylic acids is 1. The molecule has 0 bridgehead atoms. The van der Waals surface area contributed by atoms with Crippen LogP contribution in [0.5, 0.6) is 0 Å². The van der Waals surface area contributed by atoms with Gasteiger partial charge in [0.25, 0.3) is 0 Å². The van der Waals surface area contributed by atoms with Gasteiger partial charge >= 0.3 is 0 Å². The molecule has 1 aromatic carbocycles. The molecule has 1 N–H and O–H groups in total. The fourth-order valence-corrected chi connectivity index (χ4v) is 1.84. The lowest BCUT2D eigenvalue weighted by molar-refractivity contribution is -0.119. The van der Waals surface area contributed by atoms with E-state index in [1.807, 2.05) is 18.2 Å². The van der Waals surface area contributed by atoms with Crippen LogP contribution in [-0.4, -0.2) is 18.6 Å². The SMILES string of the molecule is CCC(NC(C)=O)N(CC)c1ccccc1. The fourth-order valence-electron chi connectivity index (χ4n) is 1.84. The molecule has 1 aromatic rings. The molecule has 0 aromatic heterocycles. The monoisotopic (exact) mass is 220 g/mol. The molecule has 0 radical (unpaired) electrons. The molecule has 0 spiro atoms. The van der Waals surface area contributed by atoms with Gasteiger partial charge in [-0.2, -0.15) is 0 Å². The molecule has 1 rings (SSSR count).